The number of unbranched alkanes of at least 4 members (excludes halogenated alkanes) is 1. The zero-order valence-electron chi connectivity index (χ0n) is 17.3. The highest BCUT2D eigenvalue weighted by molar-refractivity contribution is 6.09. The Morgan fingerprint density at radius 1 is 1.17 bits per heavy atom. The third kappa shape index (κ3) is 6.10. The molecule has 2 aromatic carbocycles. The van der Waals surface area contributed by atoms with Crippen LogP contribution in [-0.2, 0) is 9.53 Å². The van der Waals surface area contributed by atoms with Crippen LogP contribution in [0, 0.1) is 11.3 Å². The molecule has 156 valence electrons. The van der Waals surface area contributed by atoms with Crippen molar-refractivity contribution in [2.45, 2.75) is 19.8 Å². The Kier molecular flexibility index (Phi) is 7.87. The number of carbonyl (C=O) groups is 1. The van der Waals surface area contributed by atoms with Crippen LogP contribution in [0.4, 0.5) is 11.4 Å². The van der Waals surface area contributed by atoms with Crippen LogP contribution in [-0.4, -0.2) is 38.8 Å². The predicted octanol–water partition coefficient (Wildman–Crippen LogP) is 4.25. The number of ether oxygens (including phenoxy) is 2. The Morgan fingerprint density at radius 3 is 2.50 bits per heavy atom. The van der Waals surface area contributed by atoms with E-state index in [2.05, 4.69) is 17.1 Å². The van der Waals surface area contributed by atoms with Gasteiger partial charge in [0.1, 0.15) is 17.4 Å². The molecule has 1 fully saturated rings. The summed E-state index contributed by atoms with van der Waals surface area (Å²) in [7, 11) is 0. The van der Waals surface area contributed by atoms with Crippen molar-refractivity contribution < 1.29 is 14.3 Å². The quantitative estimate of drug-likeness (QED) is 0.404. The van der Waals surface area contributed by atoms with E-state index in [0.29, 0.717) is 12.3 Å². The molecule has 6 nitrogen and oxygen atoms in total. The standard InChI is InChI=1S/C24H27N3O3/c1-2-3-14-30-23-10-4-19(5-11-23)17-20(18-25)24(28)26-21-6-8-22(9-7-21)27-12-15-29-16-13-27/h4-11,17H,2-3,12-16H2,1H3,(H,26,28)/b20-17+. The van der Waals surface area contributed by atoms with Gasteiger partial charge in [0.05, 0.1) is 19.8 Å². The molecule has 0 saturated carbocycles. The van der Waals surface area contributed by atoms with Gasteiger partial charge in [0.25, 0.3) is 5.91 Å². The first-order valence-electron chi connectivity index (χ1n) is 10.3. The van der Waals surface area contributed by atoms with Crippen molar-refractivity contribution in [3.63, 3.8) is 0 Å². The van der Waals surface area contributed by atoms with Gasteiger partial charge in [-0.15, -0.1) is 0 Å². The van der Waals surface area contributed by atoms with Crippen molar-refractivity contribution in [1.82, 2.24) is 0 Å². The molecule has 1 saturated heterocycles. The molecular formula is C24H27N3O3. The fraction of sp³-hybridized carbons (Fsp3) is 0.333. The van der Waals surface area contributed by atoms with Crippen LogP contribution in [0.25, 0.3) is 6.08 Å². The number of amides is 1. The molecule has 0 radical (unpaired) electrons. The SMILES string of the molecule is CCCCOc1ccc(/C=C(\C#N)C(=O)Nc2ccc(N3CCOCC3)cc2)cc1. The normalized spacial score (nSPS) is 14.1. The molecule has 0 bridgehead atoms. The number of nitriles is 1. The van der Waals surface area contributed by atoms with Gasteiger partial charge in [0.15, 0.2) is 0 Å². The van der Waals surface area contributed by atoms with Gasteiger partial charge in [0.2, 0.25) is 0 Å². The number of rotatable bonds is 8. The highest BCUT2D eigenvalue weighted by Crippen LogP contribution is 2.20. The number of hydrogen-bond donors (Lipinski definition) is 1. The lowest BCUT2D eigenvalue weighted by Crippen LogP contribution is -2.36. The molecule has 30 heavy (non-hydrogen) atoms. The van der Waals surface area contributed by atoms with E-state index < -0.39 is 5.91 Å². The van der Waals surface area contributed by atoms with Gasteiger partial charge < -0.3 is 19.7 Å². The number of nitrogens with zero attached hydrogens (tertiary/aromatic N) is 2. The number of benzene rings is 2. The van der Waals surface area contributed by atoms with E-state index in [0.717, 1.165) is 56.1 Å². The first-order chi connectivity index (χ1) is 14.7. The first-order valence-corrected chi connectivity index (χ1v) is 10.3. The van der Waals surface area contributed by atoms with Crippen LogP contribution in [0.2, 0.25) is 0 Å². The summed E-state index contributed by atoms with van der Waals surface area (Å²) in [6, 6.07) is 17.0. The summed E-state index contributed by atoms with van der Waals surface area (Å²) in [5.74, 6) is 0.351. The molecule has 0 aromatic heterocycles. The summed E-state index contributed by atoms with van der Waals surface area (Å²) in [6.45, 7) is 5.96. The maximum atomic E-state index is 12.5. The van der Waals surface area contributed by atoms with Crippen molar-refractivity contribution >= 4 is 23.4 Å². The second-order valence-corrected chi connectivity index (χ2v) is 7.04. The Hall–Kier alpha value is -3.30. The van der Waals surface area contributed by atoms with Gasteiger partial charge in [-0.1, -0.05) is 25.5 Å². The van der Waals surface area contributed by atoms with Crippen LogP contribution in [0.1, 0.15) is 25.3 Å². The van der Waals surface area contributed by atoms with Gasteiger partial charge in [0, 0.05) is 24.5 Å². The van der Waals surface area contributed by atoms with Crippen molar-refractivity contribution in [2.24, 2.45) is 0 Å². The summed E-state index contributed by atoms with van der Waals surface area (Å²) in [5, 5.41) is 12.2. The number of anilines is 2. The lowest BCUT2D eigenvalue weighted by Gasteiger charge is -2.28. The smallest absolute Gasteiger partial charge is 0.266 e. The average molecular weight is 405 g/mol. The van der Waals surface area contributed by atoms with Gasteiger partial charge in [-0.2, -0.15) is 5.26 Å². The Morgan fingerprint density at radius 2 is 1.87 bits per heavy atom. The number of carbonyl (C=O) groups excluding carboxylic acids is 1. The average Bonchev–Trinajstić information content (AvgIpc) is 2.79. The second-order valence-electron chi connectivity index (χ2n) is 7.04. The molecule has 1 N–H and O–H groups in total. The molecule has 3 rings (SSSR count). The number of morpholine rings is 1. The molecule has 1 heterocycles. The van der Waals surface area contributed by atoms with Crippen LogP contribution in [0.5, 0.6) is 5.75 Å². The van der Waals surface area contributed by atoms with Gasteiger partial charge in [-0.05, 0) is 54.5 Å². The summed E-state index contributed by atoms with van der Waals surface area (Å²) < 4.78 is 11.0. The molecule has 0 aliphatic carbocycles. The second kappa shape index (κ2) is 11.0. The molecule has 0 spiro atoms. The van der Waals surface area contributed by atoms with E-state index >= 15 is 0 Å². The molecule has 1 aliphatic rings. The van der Waals surface area contributed by atoms with Crippen molar-refractivity contribution in [3.05, 3.63) is 59.7 Å². The summed E-state index contributed by atoms with van der Waals surface area (Å²) in [6.07, 6.45) is 3.67. The van der Waals surface area contributed by atoms with Gasteiger partial charge in [-0.3, -0.25) is 4.79 Å². The van der Waals surface area contributed by atoms with E-state index in [1.807, 2.05) is 54.6 Å². The number of nitrogens with one attached hydrogen (secondary N) is 1. The highest BCUT2D eigenvalue weighted by atomic mass is 16.5. The number of hydrogen-bond acceptors (Lipinski definition) is 5. The van der Waals surface area contributed by atoms with E-state index in [4.69, 9.17) is 9.47 Å². The van der Waals surface area contributed by atoms with Gasteiger partial charge >= 0.3 is 0 Å². The van der Waals surface area contributed by atoms with Crippen LogP contribution < -0.4 is 15.0 Å². The molecular weight excluding hydrogens is 378 g/mol. The van der Waals surface area contributed by atoms with Crippen LogP contribution >= 0.6 is 0 Å². The first kappa shape index (κ1) is 21.4. The third-order valence-electron chi connectivity index (χ3n) is 4.82. The lowest BCUT2D eigenvalue weighted by atomic mass is 10.1. The van der Waals surface area contributed by atoms with E-state index in [9.17, 15) is 10.1 Å². The van der Waals surface area contributed by atoms with E-state index in [-0.39, 0.29) is 5.57 Å². The van der Waals surface area contributed by atoms with E-state index in [1.54, 1.807) is 6.08 Å². The zero-order valence-corrected chi connectivity index (χ0v) is 17.3. The minimum atomic E-state index is -0.431. The van der Waals surface area contributed by atoms with Crippen molar-refractivity contribution in [3.8, 4) is 11.8 Å². The van der Waals surface area contributed by atoms with Gasteiger partial charge in [-0.25, -0.2) is 0 Å². The maximum Gasteiger partial charge on any atom is 0.266 e. The maximum absolute atomic E-state index is 12.5. The van der Waals surface area contributed by atoms with Crippen molar-refractivity contribution in [2.75, 3.05) is 43.1 Å². The molecule has 2 aromatic rings. The van der Waals surface area contributed by atoms with Crippen molar-refractivity contribution in [1.29, 1.82) is 5.26 Å². The molecule has 1 amide bonds. The third-order valence-corrected chi connectivity index (χ3v) is 4.82. The summed E-state index contributed by atoms with van der Waals surface area (Å²) in [5.41, 5.74) is 2.56. The van der Waals surface area contributed by atoms with E-state index in [1.165, 1.54) is 0 Å². The Labute approximate surface area is 177 Å². The fourth-order valence-electron chi connectivity index (χ4n) is 3.09. The summed E-state index contributed by atoms with van der Waals surface area (Å²) in [4.78, 5) is 14.8. The minimum absolute atomic E-state index is 0.0481. The highest BCUT2D eigenvalue weighted by Gasteiger charge is 2.12. The Balaban J connectivity index is 1.60. The molecule has 0 atom stereocenters. The molecule has 1 aliphatic heterocycles. The molecule has 6 heteroatoms. The zero-order chi connectivity index (χ0) is 21.2. The molecule has 0 unspecified atom stereocenters. The predicted molar refractivity (Wildman–Crippen MR) is 119 cm³/mol. The monoisotopic (exact) mass is 405 g/mol. The fourth-order valence-corrected chi connectivity index (χ4v) is 3.09. The minimum Gasteiger partial charge on any atom is -0.494 e. The Bertz CT molecular complexity index is 893. The topological polar surface area (TPSA) is 74.6 Å². The van der Waals surface area contributed by atoms with Crippen LogP contribution in [0.3, 0.4) is 0 Å². The lowest BCUT2D eigenvalue weighted by molar-refractivity contribution is -0.112. The van der Waals surface area contributed by atoms with Crippen LogP contribution in [0.15, 0.2) is 54.1 Å². The largest absolute Gasteiger partial charge is 0.494 e. The summed E-state index contributed by atoms with van der Waals surface area (Å²) >= 11 is 0.